The standard InChI is InChI=1S/C28H41NO2/c1-3-4-5-6-11-20-28(30,25-16-18-26(31-2)19-17-25)27(24-14-9-7-10-15-24)23-29-21-12-8-13-22-29/h7,9-10,14-19,27,30H,3-6,8,11-13,20-23H2,1-2H3/t27-,28+/m1/s1. The lowest BCUT2D eigenvalue weighted by atomic mass is 9.73. The number of ether oxygens (including phenoxy) is 1. The molecular formula is C28H41NO2. The summed E-state index contributed by atoms with van der Waals surface area (Å²) in [5.74, 6) is 0.882. The lowest BCUT2D eigenvalue weighted by Gasteiger charge is -2.41. The fourth-order valence-electron chi connectivity index (χ4n) is 5.02. The molecule has 0 bridgehead atoms. The van der Waals surface area contributed by atoms with Gasteiger partial charge in [0.25, 0.3) is 0 Å². The average molecular weight is 424 g/mol. The molecule has 1 saturated heterocycles. The molecule has 170 valence electrons. The number of aliphatic hydroxyl groups is 1. The normalized spacial score (nSPS) is 17.8. The molecule has 0 aliphatic carbocycles. The first-order valence-corrected chi connectivity index (χ1v) is 12.3. The molecule has 1 aliphatic rings. The second-order valence-electron chi connectivity index (χ2n) is 9.14. The van der Waals surface area contributed by atoms with Gasteiger partial charge in [-0.15, -0.1) is 0 Å². The highest BCUT2D eigenvalue weighted by Crippen LogP contribution is 2.42. The Morgan fingerprint density at radius 2 is 1.58 bits per heavy atom. The minimum absolute atomic E-state index is 0.0476. The number of unbranched alkanes of at least 4 members (excludes halogenated alkanes) is 4. The summed E-state index contributed by atoms with van der Waals surface area (Å²) in [6, 6.07) is 18.8. The first-order valence-electron chi connectivity index (χ1n) is 12.3. The summed E-state index contributed by atoms with van der Waals surface area (Å²) in [4.78, 5) is 2.56. The molecule has 31 heavy (non-hydrogen) atoms. The van der Waals surface area contributed by atoms with Crippen LogP contribution in [0.4, 0.5) is 0 Å². The summed E-state index contributed by atoms with van der Waals surface area (Å²) in [7, 11) is 1.69. The first kappa shape index (κ1) is 23.8. The fourth-order valence-corrected chi connectivity index (χ4v) is 5.02. The number of piperidine rings is 1. The first-order chi connectivity index (χ1) is 15.2. The van der Waals surface area contributed by atoms with E-state index < -0.39 is 5.60 Å². The number of nitrogens with zero attached hydrogens (tertiary/aromatic N) is 1. The summed E-state index contributed by atoms with van der Waals surface area (Å²) in [6.07, 6.45) is 10.6. The third-order valence-electron chi connectivity index (χ3n) is 6.92. The monoisotopic (exact) mass is 423 g/mol. The van der Waals surface area contributed by atoms with Crippen molar-refractivity contribution < 1.29 is 9.84 Å². The molecule has 2 atom stereocenters. The van der Waals surface area contributed by atoms with Crippen molar-refractivity contribution in [3.8, 4) is 5.75 Å². The van der Waals surface area contributed by atoms with Gasteiger partial charge in [0.15, 0.2) is 0 Å². The molecular weight excluding hydrogens is 382 g/mol. The molecule has 0 saturated carbocycles. The Hall–Kier alpha value is -1.84. The van der Waals surface area contributed by atoms with E-state index in [0.29, 0.717) is 0 Å². The van der Waals surface area contributed by atoms with Crippen LogP contribution in [0, 0.1) is 0 Å². The number of hydrogen-bond acceptors (Lipinski definition) is 3. The largest absolute Gasteiger partial charge is 0.497 e. The molecule has 3 nitrogen and oxygen atoms in total. The molecule has 0 radical (unpaired) electrons. The van der Waals surface area contributed by atoms with Crippen molar-refractivity contribution in [3.05, 3.63) is 65.7 Å². The van der Waals surface area contributed by atoms with Crippen LogP contribution >= 0.6 is 0 Å². The van der Waals surface area contributed by atoms with Gasteiger partial charge in [0.1, 0.15) is 5.75 Å². The average Bonchev–Trinajstić information content (AvgIpc) is 2.83. The Morgan fingerprint density at radius 3 is 2.23 bits per heavy atom. The Labute approximate surface area is 189 Å². The number of methoxy groups -OCH3 is 1. The van der Waals surface area contributed by atoms with E-state index in [2.05, 4.69) is 54.3 Å². The van der Waals surface area contributed by atoms with Gasteiger partial charge in [-0.25, -0.2) is 0 Å². The Bertz CT molecular complexity index is 739. The van der Waals surface area contributed by atoms with E-state index in [1.807, 2.05) is 12.1 Å². The van der Waals surface area contributed by atoms with Gasteiger partial charge in [-0.3, -0.25) is 0 Å². The van der Waals surface area contributed by atoms with Gasteiger partial charge in [-0.1, -0.05) is 87.9 Å². The third-order valence-corrected chi connectivity index (χ3v) is 6.92. The lowest BCUT2D eigenvalue weighted by Crippen LogP contribution is -2.42. The minimum atomic E-state index is -0.892. The van der Waals surface area contributed by atoms with E-state index in [0.717, 1.165) is 43.8 Å². The molecule has 2 aromatic carbocycles. The van der Waals surface area contributed by atoms with Gasteiger partial charge < -0.3 is 14.7 Å². The third kappa shape index (κ3) is 6.57. The summed E-state index contributed by atoms with van der Waals surface area (Å²) in [5.41, 5.74) is 1.35. The van der Waals surface area contributed by atoms with Gasteiger partial charge >= 0.3 is 0 Å². The molecule has 1 aliphatic heterocycles. The van der Waals surface area contributed by atoms with Crippen LogP contribution in [-0.4, -0.2) is 36.8 Å². The van der Waals surface area contributed by atoms with E-state index in [9.17, 15) is 5.11 Å². The molecule has 1 fully saturated rings. The second-order valence-corrected chi connectivity index (χ2v) is 9.14. The van der Waals surface area contributed by atoms with Crippen LogP contribution in [-0.2, 0) is 5.60 Å². The zero-order valence-electron chi connectivity index (χ0n) is 19.6. The van der Waals surface area contributed by atoms with Crippen molar-refractivity contribution in [1.82, 2.24) is 4.90 Å². The topological polar surface area (TPSA) is 32.7 Å². The van der Waals surface area contributed by atoms with Crippen LogP contribution in [0.1, 0.15) is 81.8 Å². The molecule has 1 N–H and O–H groups in total. The molecule has 3 heteroatoms. The van der Waals surface area contributed by atoms with Crippen LogP contribution in [0.3, 0.4) is 0 Å². The number of benzene rings is 2. The molecule has 0 spiro atoms. The Balaban J connectivity index is 1.91. The van der Waals surface area contributed by atoms with Crippen LogP contribution < -0.4 is 4.74 Å². The van der Waals surface area contributed by atoms with Gasteiger partial charge in [0.2, 0.25) is 0 Å². The van der Waals surface area contributed by atoms with Gasteiger partial charge in [0.05, 0.1) is 12.7 Å². The summed E-state index contributed by atoms with van der Waals surface area (Å²) >= 11 is 0. The van der Waals surface area contributed by atoms with Crippen molar-refractivity contribution in [2.45, 2.75) is 76.2 Å². The van der Waals surface area contributed by atoms with Crippen LogP contribution in [0.5, 0.6) is 5.75 Å². The zero-order chi connectivity index (χ0) is 21.9. The Morgan fingerprint density at radius 1 is 0.903 bits per heavy atom. The maximum atomic E-state index is 12.4. The highest BCUT2D eigenvalue weighted by atomic mass is 16.5. The lowest BCUT2D eigenvalue weighted by molar-refractivity contribution is -0.0168. The van der Waals surface area contributed by atoms with E-state index in [4.69, 9.17) is 4.74 Å². The highest BCUT2D eigenvalue weighted by Gasteiger charge is 2.40. The Kier molecular flexibility index (Phi) is 9.42. The number of likely N-dealkylation sites (tertiary alicyclic amines) is 1. The molecule has 0 aromatic heterocycles. The smallest absolute Gasteiger partial charge is 0.118 e. The van der Waals surface area contributed by atoms with Gasteiger partial charge in [-0.05, 0) is 55.6 Å². The summed E-state index contributed by atoms with van der Waals surface area (Å²) < 4.78 is 5.38. The number of hydrogen-bond donors (Lipinski definition) is 1. The summed E-state index contributed by atoms with van der Waals surface area (Å²) in [6.45, 7) is 5.43. The van der Waals surface area contributed by atoms with E-state index in [1.54, 1.807) is 7.11 Å². The van der Waals surface area contributed by atoms with E-state index in [1.165, 1.54) is 50.5 Å². The predicted octanol–water partition coefficient (Wildman–Crippen LogP) is 6.51. The van der Waals surface area contributed by atoms with Crippen molar-refractivity contribution >= 4 is 0 Å². The van der Waals surface area contributed by atoms with Crippen LogP contribution in [0.25, 0.3) is 0 Å². The van der Waals surface area contributed by atoms with Gasteiger partial charge in [0, 0.05) is 12.5 Å². The van der Waals surface area contributed by atoms with E-state index in [-0.39, 0.29) is 5.92 Å². The quantitative estimate of drug-likeness (QED) is 0.395. The van der Waals surface area contributed by atoms with Crippen LogP contribution in [0.15, 0.2) is 54.6 Å². The highest BCUT2D eigenvalue weighted by molar-refractivity contribution is 5.35. The zero-order valence-corrected chi connectivity index (χ0v) is 19.6. The second kappa shape index (κ2) is 12.3. The minimum Gasteiger partial charge on any atom is -0.497 e. The summed E-state index contributed by atoms with van der Waals surface area (Å²) in [5, 5.41) is 12.4. The SMILES string of the molecule is CCCCCCC[C@](O)(c1ccc(OC)cc1)[C@H](CN1CCCCC1)c1ccccc1. The maximum absolute atomic E-state index is 12.4. The van der Waals surface area contributed by atoms with Gasteiger partial charge in [-0.2, -0.15) is 0 Å². The van der Waals surface area contributed by atoms with Crippen molar-refractivity contribution in [2.24, 2.45) is 0 Å². The molecule has 1 heterocycles. The molecule has 2 aromatic rings. The maximum Gasteiger partial charge on any atom is 0.118 e. The van der Waals surface area contributed by atoms with Crippen molar-refractivity contribution in [2.75, 3.05) is 26.7 Å². The van der Waals surface area contributed by atoms with E-state index >= 15 is 0 Å². The fraction of sp³-hybridized carbons (Fsp3) is 0.571. The van der Waals surface area contributed by atoms with Crippen molar-refractivity contribution in [3.63, 3.8) is 0 Å². The van der Waals surface area contributed by atoms with Crippen molar-refractivity contribution in [1.29, 1.82) is 0 Å². The molecule has 3 rings (SSSR count). The molecule has 0 unspecified atom stereocenters. The molecule has 0 amide bonds. The van der Waals surface area contributed by atoms with Crippen LogP contribution in [0.2, 0.25) is 0 Å². The predicted molar refractivity (Wildman–Crippen MR) is 130 cm³/mol. The number of rotatable bonds is 12.